The highest BCUT2D eigenvalue weighted by atomic mass is 32.2. The van der Waals surface area contributed by atoms with Crippen molar-refractivity contribution < 1.29 is 14.3 Å². The number of nitriles is 1. The molecule has 3 aromatic rings. The molecule has 0 aromatic heterocycles. The van der Waals surface area contributed by atoms with Gasteiger partial charge < -0.3 is 14.8 Å². The molecule has 0 saturated carbocycles. The smallest absolute Gasteiger partial charge is 0.262 e. The minimum Gasteiger partial charge on any atom is -0.489 e. The van der Waals surface area contributed by atoms with Crippen LogP contribution < -0.4 is 14.8 Å². The second-order valence-corrected chi connectivity index (χ2v) is 7.47. The Morgan fingerprint density at radius 3 is 2.30 bits per heavy atom. The third-order valence-corrected chi connectivity index (χ3v) is 5.15. The lowest BCUT2D eigenvalue weighted by Crippen LogP contribution is -2.20. The van der Waals surface area contributed by atoms with Crippen LogP contribution in [0.3, 0.4) is 0 Å². The van der Waals surface area contributed by atoms with Crippen LogP contribution in [0.4, 0.5) is 5.69 Å². The zero-order valence-electron chi connectivity index (χ0n) is 16.4. The Hall–Kier alpha value is -3.43. The van der Waals surface area contributed by atoms with E-state index in [0.717, 1.165) is 21.9 Å². The lowest BCUT2D eigenvalue weighted by Gasteiger charge is -2.11. The van der Waals surface area contributed by atoms with Gasteiger partial charge in [0.1, 0.15) is 18.1 Å². The Morgan fingerprint density at radius 1 is 0.900 bits per heavy atom. The van der Waals surface area contributed by atoms with Gasteiger partial charge in [-0.1, -0.05) is 42.5 Å². The second kappa shape index (κ2) is 11.5. The molecule has 1 amide bonds. The van der Waals surface area contributed by atoms with E-state index in [9.17, 15) is 4.79 Å². The van der Waals surface area contributed by atoms with Gasteiger partial charge in [0.2, 0.25) is 0 Å². The molecule has 0 heterocycles. The van der Waals surface area contributed by atoms with Crippen LogP contribution in [0.15, 0.2) is 83.8 Å². The molecule has 0 saturated heterocycles. The minimum atomic E-state index is -0.243. The summed E-state index contributed by atoms with van der Waals surface area (Å²) in [6, 6.07) is 26.8. The van der Waals surface area contributed by atoms with E-state index in [2.05, 4.69) is 11.4 Å². The molecular weight excluding hydrogens is 396 g/mol. The van der Waals surface area contributed by atoms with E-state index in [-0.39, 0.29) is 12.5 Å². The van der Waals surface area contributed by atoms with Gasteiger partial charge in [0.05, 0.1) is 11.8 Å². The molecule has 0 aliphatic carbocycles. The number of nitrogens with zero attached hydrogens (tertiary/aromatic N) is 1. The maximum Gasteiger partial charge on any atom is 0.262 e. The highest BCUT2D eigenvalue weighted by molar-refractivity contribution is 7.99. The van der Waals surface area contributed by atoms with Crippen molar-refractivity contribution in [2.75, 3.05) is 17.7 Å². The van der Waals surface area contributed by atoms with Crippen molar-refractivity contribution in [3.63, 3.8) is 0 Å². The summed E-state index contributed by atoms with van der Waals surface area (Å²) in [6.07, 6.45) is 0.459. The van der Waals surface area contributed by atoms with Gasteiger partial charge in [-0.05, 0) is 42.0 Å². The molecule has 0 atom stereocenters. The van der Waals surface area contributed by atoms with E-state index in [4.69, 9.17) is 14.7 Å². The maximum absolute atomic E-state index is 12.3. The first kappa shape index (κ1) is 21.3. The standard InChI is InChI=1S/C24H22N2O3S/c25-15-6-16-30-23-10-5-4-9-22(23)26-24(27)18-29-21-13-11-20(12-14-21)28-17-19-7-2-1-3-8-19/h1-5,7-14H,6,16-18H2,(H,26,27). The lowest BCUT2D eigenvalue weighted by atomic mass is 10.2. The average Bonchev–Trinajstić information content (AvgIpc) is 2.79. The topological polar surface area (TPSA) is 71.4 Å². The van der Waals surface area contributed by atoms with Gasteiger partial charge in [-0.25, -0.2) is 0 Å². The quantitative estimate of drug-likeness (QED) is 0.358. The Bertz CT molecular complexity index is 985. The second-order valence-electron chi connectivity index (χ2n) is 6.34. The SMILES string of the molecule is N#CCCSc1ccccc1NC(=O)COc1ccc(OCc2ccccc2)cc1. The van der Waals surface area contributed by atoms with Gasteiger partial charge in [0.15, 0.2) is 6.61 Å². The van der Waals surface area contributed by atoms with Crippen LogP contribution in [0.25, 0.3) is 0 Å². The first-order valence-electron chi connectivity index (χ1n) is 9.53. The summed E-state index contributed by atoms with van der Waals surface area (Å²) in [4.78, 5) is 13.2. The monoisotopic (exact) mass is 418 g/mol. The van der Waals surface area contributed by atoms with Crippen LogP contribution in [-0.4, -0.2) is 18.3 Å². The summed E-state index contributed by atoms with van der Waals surface area (Å²) in [5.41, 5.74) is 1.82. The molecule has 0 spiro atoms. The van der Waals surface area contributed by atoms with E-state index in [1.165, 1.54) is 0 Å². The van der Waals surface area contributed by atoms with Gasteiger partial charge >= 0.3 is 0 Å². The summed E-state index contributed by atoms with van der Waals surface area (Å²) in [7, 11) is 0. The van der Waals surface area contributed by atoms with Crippen LogP contribution in [0.5, 0.6) is 11.5 Å². The number of anilines is 1. The third-order valence-electron chi connectivity index (χ3n) is 4.07. The van der Waals surface area contributed by atoms with E-state index in [0.29, 0.717) is 24.5 Å². The summed E-state index contributed by atoms with van der Waals surface area (Å²) in [5, 5.41) is 11.5. The average molecular weight is 419 g/mol. The number of para-hydroxylation sites is 1. The first-order valence-corrected chi connectivity index (χ1v) is 10.5. The number of carbonyl (C=O) groups is 1. The summed E-state index contributed by atoms with van der Waals surface area (Å²) >= 11 is 1.54. The molecule has 5 nitrogen and oxygen atoms in total. The van der Waals surface area contributed by atoms with Crippen molar-refractivity contribution >= 4 is 23.4 Å². The van der Waals surface area contributed by atoms with Crippen LogP contribution in [0, 0.1) is 11.3 Å². The van der Waals surface area contributed by atoms with E-state index in [1.54, 1.807) is 23.9 Å². The number of amides is 1. The van der Waals surface area contributed by atoms with Crippen LogP contribution >= 0.6 is 11.8 Å². The molecule has 0 radical (unpaired) electrons. The van der Waals surface area contributed by atoms with Crippen LogP contribution in [0.2, 0.25) is 0 Å². The van der Waals surface area contributed by atoms with Crippen molar-refractivity contribution in [1.82, 2.24) is 0 Å². The van der Waals surface area contributed by atoms with Crippen molar-refractivity contribution in [1.29, 1.82) is 5.26 Å². The van der Waals surface area contributed by atoms with E-state index >= 15 is 0 Å². The molecule has 6 heteroatoms. The molecule has 3 rings (SSSR count). The van der Waals surface area contributed by atoms with Crippen molar-refractivity contribution in [3.05, 3.63) is 84.4 Å². The number of benzene rings is 3. The van der Waals surface area contributed by atoms with Crippen molar-refractivity contribution in [3.8, 4) is 17.6 Å². The molecule has 0 aliphatic rings. The van der Waals surface area contributed by atoms with Gasteiger partial charge in [0, 0.05) is 17.1 Å². The number of hydrogen-bond donors (Lipinski definition) is 1. The fourth-order valence-electron chi connectivity index (χ4n) is 2.61. The largest absolute Gasteiger partial charge is 0.489 e. The fourth-order valence-corrected chi connectivity index (χ4v) is 3.47. The normalized spacial score (nSPS) is 10.1. The lowest BCUT2D eigenvalue weighted by molar-refractivity contribution is -0.118. The van der Waals surface area contributed by atoms with Gasteiger partial charge in [-0.3, -0.25) is 4.79 Å². The number of hydrogen-bond acceptors (Lipinski definition) is 5. The highest BCUT2D eigenvalue weighted by Crippen LogP contribution is 2.27. The minimum absolute atomic E-state index is 0.0958. The Kier molecular flexibility index (Phi) is 8.19. The molecule has 3 aromatic carbocycles. The molecular formula is C24H22N2O3S. The Labute approximate surface area is 180 Å². The predicted octanol–water partition coefficient (Wildman–Crippen LogP) is 5.29. The highest BCUT2D eigenvalue weighted by Gasteiger charge is 2.08. The third kappa shape index (κ3) is 6.87. The Balaban J connectivity index is 1.46. The zero-order valence-corrected chi connectivity index (χ0v) is 17.2. The summed E-state index contributed by atoms with van der Waals surface area (Å²) < 4.78 is 11.3. The van der Waals surface area contributed by atoms with Crippen molar-refractivity contribution in [2.45, 2.75) is 17.9 Å². The summed E-state index contributed by atoms with van der Waals surface area (Å²) in [6.45, 7) is 0.399. The molecule has 1 N–H and O–H groups in total. The number of carbonyl (C=O) groups excluding carboxylic acids is 1. The number of ether oxygens (including phenoxy) is 2. The van der Waals surface area contributed by atoms with E-state index < -0.39 is 0 Å². The number of rotatable bonds is 10. The molecule has 152 valence electrons. The molecule has 0 aliphatic heterocycles. The van der Waals surface area contributed by atoms with E-state index in [1.807, 2.05) is 66.7 Å². The zero-order chi connectivity index (χ0) is 21.0. The molecule has 0 bridgehead atoms. The predicted molar refractivity (Wildman–Crippen MR) is 119 cm³/mol. The molecule has 0 fully saturated rings. The van der Waals surface area contributed by atoms with Gasteiger partial charge in [-0.2, -0.15) is 5.26 Å². The maximum atomic E-state index is 12.3. The van der Waals surface area contributed by atoms with Gasteiger partial charge in [0.25, 0.3) is 5.91 Å². The van der Waals surface area contributed by atoms with Gasteiger partial charge in [-0.15, -0.1) is 11.8 Å². The first-order chi connectivity index (χ1) is 14.7. The molecule has 30 heavy (non-hydrogen) atoms. The Morgan fingerprint density at radius 2 is 1.57 bits per heavy atom. The molecule has 0 unspecified atom stereocenters. The van der Waals surface area contributed by atoms with Crippen LogP contribution in [-0.2, 0) is 11.4 Å². The summed E-state index contributed by atoms with van der Waals surface area (Å²) in [5.74, 6) is 1.76. The fraction of sp³-hybridized carbons (Fsp3) is 0.167. The number of nitrogens with one attached hydrogen (secondary N) is 1. The van der Waals surface area contributed by atoms with Crippen molar-refractivity contribution in [2.24, 2.45) is 0 Å². The number of thioether (sulfide) groups is 1. The van der Waals surface area contributed by atoms with Crippen LogP contribution in [0.1, 0.15) is 12.0 Å².